The predicted molar refractivity (Wildman–Crippen MR) is 84.6 cm³/mol. The molecule has 0 aliphatic heterocycles. The smallest absolute Gasteiger partial charge is 0.138 e. The van der Waals surface area contributed by atoms with Crippen LogP contribution in [0, 0.1) is 6.92 Å². The van der Waals surface area contributed by atoms with Crippen molar-refractivity contribution in [2.75, 3.05) is 0 Å². The lowest BCUT2D eigenvalue weighted by Crippen LogP contribution is -2.05. The van der Waals surface area contributed by atoms with Crippen LogP contribution in [0.25, 0.3) is 0 Å². The summed E-state index contributed by atoms with van der Waals surface area (Å²) in [5.74, 6) is 0.632. The van der Waals surface area contributed by atoms with E-state index in [-0.39, 0.29) is 6.04 Å². The number of rotatable bonds is 4. The molecule has 0 amide bonds. The molecule has 2 rings (SSSR count). The average Bonchev–Trinajstić information content (AvgIpc) is 2.38. The van der Waals surface area contributed by atoms with Crippen molar-refractivity contribution in [1.82, 2.24) is 0 Å². The van der Waals surface area contributed by atoms with E-state index >= 15 is 0 Å². The van der Waals surface area contributed by atoms with Crippen molar-refractivity contribution in [3.05, 3.63) is 63.1 Å². The SMILES string of the molecule is Cc1ccc(COc2ccc([C@@H](C)N)cc2Cl)c(Cl)c1. The van der Waals surface area contributed by atoms with E-state index in [1.807, 2.05) is 50.2 Å². The van der Waals surface area contributed by atoms with E-state index in [0.29, 0.717) is 22.4 Å². The van der Waals surface area contributed by atoms with Crippen LogP contribution in [0.2, 0.25) is 10.0 Å². The quantitative estimate of drug-likeness (QED) is 0.871. The minimum atomic E-state index is -0.0481. The third-order valence-electron chi connectivity index (χ3n) is 3.07. The van der Waals surface area contributed by atoms with Crippen LogP contribution < -0.4 is 10.5 Å². The zero-order valence-corrected chi connectivity index (χ0v) is 13.0. The summed E-state index contributed by atoms with van der Waals surface area (Å²) in [6, 6.07) is 11.4. The van der Waals surface area contributed by atoms with Gasteiger partial charge in [0, 0.05) is 16.6 Å². The largest absolute Gasteiger partial charge is 0.487 e. The Hall–Kier alpha value is -1.22. The molecule has 20 heavy (non-hydrogen) atoms. The summed E-state index contributed by atoms with van der Waals surface area (Å²) >= 11 is 12.4. The van der Waals surface area contributed by atoms with Crippen LogP contribution in [-0.4, -0.2) is 0 Å². The van der Waals surface area contributed by atoms with Crippen LogP contribution in [0.1, 0.15) is 29.7 Å². The van der Waals surface area contributed by atoms with Crippen molar-refractivity contribution in [3.8, 4) is 5.75 Å². The Balaban J connectivity index is 2.11. The van der Waals surface area contributed by atoms with Gasteiger partial charge in [-0.1, -0.05) is 41.4 Å². The van der Waals surface area contributed by atoms with Crippen LogP contribution in [0.3, 0.4) is 0 Å². The molecule has 2 aromatic carbocycles. The van der Waals surface area contributed by atoms with Gasteiger partial charge in [-0.25, -0.2) is 0 Å². The van der Waals surface area contributed by atoms with Gasteiger partial charge in [-0.3, -0.25) is 0 Å². The summed E-state index contributed by atoms with van der Waals surface area (Å²) in [4.78, 5) is 0. The van der Waals surface area contributed by atoms with Crippen molar-refractivity contribution in [3.63, 3.8) is 0 Å². The minimum absolute atomic E-state index is 0.0481. The molecular weight excluding hydrogens is 293 g/mol. The molecule has 0 unspecified atom stereocenters. The molecule has 4 heteroatoms. The van der Waals surface area contributed by atoms with Crippen molar-refractivity contribution >= 4 is 23.2 Å². The van der Waals surface area contributed by atoms with Gasteiger partial charge in [0.15, 0.2) is 0 Å². The zero-order chi connectivity index (χ0) is 14.7. The highest BCUT2D eigenvalue weighted by Gasteiger charge is 2.07. The topological polar surface area (TPSA) is 35.2 Å². The second-order valence-electron chi connectivity index (χ2n) is 4.86. The number of nitrogens with two attached hydrogens (primary N) is 1. The highest BCUT2D eigenvalue weighted by molar-refractivity contribution is 6.32. The molecule has 106 valence electrons. The molecule has 0 fully saturated rings. The van der Waals surface area contributed by atoms with E-state index in [0.717, 1.165) is 16.7 Å². The van der Waals surface area contributed by atoms with Gasteiger partial charge in [-0.05, 0) is 43.2 Å². The van der Waals surface area contributed by atoms with E-state index in [4.69, 9.17) is 33.7 Å². The van der Waals surface area contributed by atoms with E-state index in [2.05, 4.69) is 0 Å². The van der Waals surface area contributed by atoms with Crippen molar-refractivity contribution in [2.45, 2.75) is 26.5 Å². The lowest BCUT2D eigenvalue weighted by atomic mass is 10.1. The normalized spacial score (nSPS) is 12.2. The molecule has 2 nitrogen and oxygen atoms in total. The Labute approximate surface area is 129 Å². The van der Waals surface area contributed by atoms with Crippen LogP contribution in [-0.2, 0) is 6.61 Å². The first-order chi connectivity index (χ1) is 9.47. The van der Waals surface area contributed by atoms with Crippen LogP contribution >= 0.6 is 23.2 Å². The third kappa shape index (κ3) is 3.66. The molecule has 2 aromatic rings. The molecule has 0 bridgehead atoms. The molecular formula is C16H17Cl2NO. The summed E-state index contributed by atoms with van der Waals surface area (Å²) in [5, 5.41) is 1.26. The molecule has 1 atom stereocenters. The molecule has 0 spiro atoms. The van der Waals surface area contributed by atoms with Gasteiger partial charge >= 0.3 is 0 Å². The molecule has 0 aromatic heterocycles. The van der Waals surface area contributed by atoms with Gasteiger partial charge in [0.1, 0.15) is 12.4 Å². The maximum atomic E-state index is 6.19. The number of aryl methyl sites for hydroxylation is 1. The van der Waals surface area contributed by atoms with E-state index in [1.54, 1.807) is 0 Å². The average molecular weight is 310 g/mol. The number of ether oxygens (including phenoxy) is 1. The predicted octanol–water partition coefficient (Wildman–Crippen LogP) is 4.90. The summed E-state index contributed by atoms with van der Waals surface area (Å²) in [6.07, 6.45) is 0. The third-order valence-corrected chi connectivity index (χ3v) is 3.72. The molecule has 0 aliphatic carbocycles. The monoisotopic (exact) mass is 309 g/mol. The second-order valence-corrected chi connectivity index (χ2v) is 5.68. The number of benzene rings is 2. The molecule has 2 N–H and O–H groups in total. The maximum Gasteiger partial charge on any atom is 0.138 e. The van der Waals surface area contributed by atoms with Crippen molar-refractivity contribution in [1.29, 1.82) is 0 Å². The van der Waals surface area contributed by atoms with Gasteiger partial charge in [-0.15, -0.1) is 0 Å². The molecule has 0 aliphatic rings. The Morgan fingerprint density at radius 1 is 1.10 bits per heavy atom. The number of halogens is 2. The van der Waals surface area contributed by atoms with Crippen LogP contribution in [0.15, 0.2) is 36.4 Å². The van der Waals surface area contributed by atoms with Gasteiger partial charge < -0.3 is 10.5 Å². The molecule has 0 saturated heterocycles. The number of hydrogen-bond donors (Lipinski definition) is 1. The first kappa shape index (κ1) is 15.2. The van der Waals surface area contributed by atoms with Crippen molar-refractivity contribution in [2.24, 2.45) is 5.73 Å². The zero-order valence-electron chi connectivity index (χ0n) is 11.5. The first-order valence-electron chi connectivity index (χ1n) is 6.40. The standard InChI is InChI=1S/C16H17Cl2NO/c1-10-3-4-13(14(17)7-10)9-20-16-6-5-12(11(2)19)8-15(16)18/h3-8,11H,9,19H2,1-2H3/t11-/m1/s1. The van der Waals surface area contributed by atoms with Gasteiger partial charge in [0.05, 0.1) is 5.02 Å². The lowest BCUT2D eigenvalue weighted by molar-refractivity contribution is 0.306. The Bertz CT molecular complexity index is 611. The van der Waals surface area contributed by atoms with E-state index in [1.165, 1.54) is 0 Å². The Morgan fingerprint density at radius 3 is 2.45 bits per heavy atom. The highest BCUT2D eigenvalue weighted by atomic mass is 35.5. The number of hydrogen-bond acceptors (Lipinski definition) is 2. The van der Waals surface area contributed by atoms with Gasteiger partial charge in [0.2, 0.25) is 0 Å². The highest BCUT2D eigenvalue weighted by Crippen LogP contribution is 2.29. The maximum absolute atomic E-state index is 6.19. The fourth-order valence-electron chi connectivity index (χ4n) is 1.84. The lowest BCUT2D eigenvalue weighted by Gasteiger charge is -2.12. The van der Waals surface area contributed by atoms with Crippen LogP contribution in [0.5, 0.6) is 5.75 Å². The van der Waals surface area contributed by atoms with Crippen molar-refractivity contribution < 1.29 is 4.74 Å². The summed E-state index contributed by atoms with van der Waals surface area (Å²) in [6.45, 7) is 4.30. The summed E-state index contributed by atoms with van der Waals surface area (Å²) in [7, 11) is 0. The fraction of sp³-hybridized carbons (Fsp3) is 0.250. The van der Waals surface area contributed by atoms with Crippen LogP contribution in [0.4, 0.5) is 0 Å². The summed E-state index contributed by atoms with van der Waals surface area (Å²) < 4.78 is 5.72. The summed E-state index contributed by atoms with van der Waals surface area (Å²) in [5.41, 5.74) is 8.85. The van der Waals surface area contributed by atoms with Gasteiger partial charge in [0.25, 0.3) is 0 Å². The van der Waals surface area contributed by atoms with Gasteiger partial charge in [-0.2, -0.15) is 0 Å². The molecule has 0 radical (unpaired) electrons. The fourth-order valence-corrected chi connectivity index (χ4v) is 2.38. The Morgan fingerprint density at radius 2 is 1.85 bits per heavy atom. The molecule has 0 saturated carbocycles. The van der Waals surface area contributed by atoms with E-state index in [9.17, 15) is 0 Å². The first-order valence-corrected chi connectivity index (χ1v) is 7.16. The van der Waals surface area contributed by atoms with E-state index < -0.39 is 0 Å². The molecule has 0 heterocycles. The second kappa shape index (κ2) is 6.49. The Kier molecular flexibility index (Phi) is 4.92. The minimum Gasteiger partial charge on any atom is -0.487 e.